The zero-order valence-corrected chi connectivity index (χ0v) is 17.5. The molecule has 2 aromatic rings. The molecule has 1 heterocycles. The van der Waals surface area contributed by atoms with Crippen molar-refractivity contribution < 1.29 is 9.13 Å². The maximum absolute atomic E-state index is 13.6. The van der Waals surface area contributed by atoms with Crippen LogP contribution in [-0.2, 0) is 13.0 Å². The average molecular weight is 472 g/mol. The predicted octanol–water partition coefficient (Wildman–Crippen LogP) is 3.54. The molecule has 5 nitrogen and oxygen atoms in total. The normalized spacial score (nSPS) is 10.8. The van der Waals surface area contributed by atoms with E-state index in [0.29, 0.717) is 43.5 Å². The molecule has 0 aliphatic rings. The van der Waals surface area contributed by atoms with E-state index in [2.05, 4.69) is 27.5 Å². The van der Waals surface area contributed by atoms with Crippen LogP contribution in [0.4, 0.5) is 4.39 Å². The van der Waals surface area contributed by atoms with Gasteiger partial charge in [-0.15, -0.1) is 24.0 Å². The Morgan fingerprint density at radius 2 is 2.00 bits per heavy atom. The average Bonchev–Trinajstić information content (AvgIpc) is 2.65. The van der Waals surface area contributed by atoms with Crippen molar-refractivity contribution in [2.45, 2.75) is 26.3 Å². The number of hydrogen-bond acceptors (Lipinski definition) is 3. The summed E-state index contributed by atoms with van der Waals surface area (Å²) in [5.74, 6) is 1.13. The van der Waals surface area contributed by atoms with Crippen LogP contribution in [0.1, 0.15) is 24.5 Å². The number of hydrogen-bond donors (Lipinski definition) is 2. The fourth-order valence-electron chi connectivity index (χ4n) is 2.23. The smallest absolute Gasteiger partial charge is 0.213 e. The van der Waals surface area contributed by atoms with Crippen LogP contribution in [0.15, 0.2) is 47.6 Å². The molecule has 0 fully saturated rings. The molecular weight excluding hydrogens is 446 g/mol. The first-order chi connectivity index (χ1) is 12.2. The second-order valence-corrected chi connectivity index (χ2v) is 5.55. The Balaban J connectivity index is 0.00000338. The predicted molar refractivity (Wildman–Crippen MR) is 114 cm³/mol. The fraction of sp³-hybridized carbons (Fsp3) is 0.368. The van der Waals surface area contributed by atoms with Gasteiger partial charge >= 0.3 is 0 Å². The standard InChI is InChI=1S/C19H25FN4O.HI/c1-3-12-25-18-9-8-15(13-23-18)14-24-19(21-2)22-11-10-16-6-4-5-7-17(16)20;/h4-9,13H,3,10-12,14H2,1-2H3,(H2,21,22,24);1H. The van der Waals surface area contributed by atoms with Crippen molar-refractivity contribution in [2.75, 3.05) is 20.2 Å². The van der Waals surface area contributed by atoms with E-state index in [1.54, 1.807) is 25.4 Å². The van der Waals surface area contributed by atoms with E-state index in [1.165, 1.54) is 6.07 Å². The quantitative estimate of drug-likeness (QED) is 0.351. The zero-order chi connectivity index (χ0) is 17.9. The Bertz CT molecular complexity index is 679. The second kappa shape index (κ2) is 12.5. The third-order valence-corrected chi connectivity index (χ3v) is 3.58. The van der Waals surface area contributed by atoms with Crippen LogP contribution < -0.4 is 15.4 Å². The molecule has 7 heteroatoms. The summed E-state index contributed by atoms with van der Waals surface area (Å²) in [6.07, 6.45) is 3.34. The SMILES string of the molecule is CCCOc1ccc(CNC(=NC)NCCc2ccccc2F)cn1.I. The van der Waals surface area contributed by atoms with E-state index >= 15 is 0 Å². The van der Waals surface area contributed by atoms with Gasteiger partial charge in [-0.25, -0.2) is 9.37 Å². The van der Waals surface area contributed by atoms with Gasteiger partial charge < -0.3 is 15.4 Å². The van der Waals surface area contributed by atoms with Crippen LogP contribution in [0.25, 0.3) is 0 Å². The lowest BCUT2D eigenvalue weighted by Gasteiger charge is -2.12. The molecule has 1 aromatic heterocycles. The summed E-state index contributed by atoms with van der Waals surface area (Å²) in [5, 5.41) is 6.40. The molecule has 2 rings (SSSR count). The lowest BCUT2D eigenvalue weighted by molar-refractivity contribution is 0.305. The molecule has 0 unspecified atom stereocenters. The van der Waals surface area contributed by atoms with Crippen LogP contribution in [-0.4, -0.2) is 31.1 Å². The molecule has 26 heavy (non-hydrogen) atoms. The summed E-state index contributed by atoms with van der Waals surface area (Å²) in [6, 6.07) is 10.6. The minimum atomic E-state index is -0.177. The molecule has 2 N–H and O–H groups in total. The lowest BCUT2D eigenvalue weighted by Crippen LogP contribution is -2.37. The van der Waals surface area contributed by atoms with Gasteiger partial charge in [-0.2, -0.15) is 0 Å². The number of nitrogens with zero attached hydrogens (tertiary/aromatic N) is 2. The third kappa shape index (κ3) is 7.55. The molecule has 0 aliphatic heterocycles. The topological polar surface area (TPSA) is 58.5 Å². The van der Waals surface area contributed by atoms with Gasteiger partial charge in [-0.1, -0.05) is 31.2 Å². The highest BCUT2D eigenvalue weighted by atomic mass is 127. The fourth-order valence-corrected chi connectivity index (χ4v) is 2.23. The molecular formula is C19H26FIN4O. The minimum Gasteiger partial charge on any atom is -0.478 e. The molecule has 0 amide bonds. The summed E-state index contributed by atoms with van der Waals surface area (Å²) in [6.45, 7) is 3.93. The first kappa shape index (κ1) is 22.1. The van der Waals surface area contributed by atoms with Crippen molar-refractivity contribution in [1.82, 2.24) is 15.6 Å². The molecule has 0 saturated carbocycles. The second-order valence-electron chi connectivity index (χ2n) is 5.55. The molecule has 0 radical (unpaired) electrons. The van der Waals surface area contributed by atoms with Gasteiger partial charge in [-0.05, 0) is 30.0 Å². The number of halogens is 2. The number of pyridine rings is 1. The maximum Gasteiger partial charge on any atom is 0.213 e. The number of nitrogens with one attached hydrogen (secondary N) is 2. The number of aliphatic imine (C=N–C) groups is 1. The van der Waals surface area contributed by atoms with Crippen molar-refractivity contribution in [3.05, 3.63) is 59.5 Å². The van der Waals surface area contributed by atoms with E-state index in [-0.39, 0.29) is 29.8 Å². The number of benzene rings is 1. The Morgan fingerprint density at radius 3 is 2.65 bits per heavy atom. The summed E-state index contributed by atoms with van der Waals surface area (Å²) in [7, 11) is 1.71. The monoisotopic (exact) mass is 472 g/mol. The van der Waals surface area contributed by atoms with Gasteiger partial charge in [0.1, 0.15) is 5.82 Å². The molecule has 0 spiro atoms. The molecule has 142 valence electrons. The Labute approximate surface area is 171 Å². The largest absolute Gasteiger partial charge is 0.478 e. The van der Waals surface area contributed by atoms with Crippen LogP contribution >= 0.6 is 24.0 Å². The summed E-state index contributed by atoms with van der Waals surface area (Å²) >= 11 is 0. The van der Waals surface area contributed by atoms with Crippen molar-refractivity contribution >= 4 is 29.9 Å². The van der Waals surface area contributed by atoms with E-state index in [1.807, 2.05) is 18.2 Å². The van der Waals surface area contributed by atoms with Crippen LogP contribution in [0, 0.1) is 5.82 Å². The summed E-state index contributed by atoms with van der Waals surface area (Å²) < 4.78 is 19.0. The van der Waals surface area contributed by atoms with E-state index in [9.17, 15) is 4.39 Å². The van der Waals surface area contributed by atoms with Gasteiger partial charge in [0.05, 0.1) is 6.61 Å². The first-order valence-electron chi connectivity index (χ1n) is 8.48. The van der Waals surface area contributed by atoms with Gasteiger partial charge in [0.25, 0.3) is 0 Å². The van der Waals surface area contributed by atoms with Crippen LogP contribution in [0.5, 0.6) is 5.88 Å². The third-order valence-electron chi connectivity index (χ3n) is 3.58. The van der Waals surface area contributed by atoms with Gasteiger partial charge in [0, 0.05) is 32.4 Å². The van der Waals surface area contributed by atoms with Crippen molar-refractivity contribution in [3.8, 4) is 5.88 Å². The van der Waals surface area contributed by atoms with E-state index in [4.69, 9.17) is 4.74 Å². The molecule has 1 aromatic carbocycles. The number of ether oxygens (including phenoxy) is 1. The number of aromatic nitrogens is 1. The lowest BCUT2D eigenvalue weighted by atomic mass is 10.1. The highest BCUT2D eigenvalue weighted by molar-refractivity contribution is 14.0. The molecule has 0 saturated heterocycles. The summed E-state index contributed by atoms with van der Waals surface area (Å²) in [5.41, 5.74) is 1.72. The van der Waals surface area contributed by atoms with Gasteiger partial charge in [-0.3, -0.25) is 4.99 Å². The van der Waals surface area contributed by atoms with Gasteiger partial charge in [0.15, 0.2) is 5.96 Å². The van der Waals surface area contributed by atoms with Crippen molar-refractivity contribution in [1.29, 1.82) is 0 Å². The molecule has 0 aliphatic carbocycles. The minimum absolute atomic E-state index is 0. The first-order valence-corrected chi connectivity index (χ1v) is 8.48. The van der Waals surface area contributed by atoms with Gasteiger partial charge in [0.2, 0.25) is 5.88 Å². The highest BCUT2D eigenvalue weighted by Gasteiger charge is 2.03. The van der Waals surface area contributed by atoms with Crippen molar-refractivity contribution in [2.24, 2.45) is 4.99 Å². The van der Waals surface area contributed by atoms with Crippen molar-refractivity contribution in [3.63, 3.8) is 0 Å². The number of rotatable bonds is 8. The van der Waals surface area contributed by atoms with Crippen LogP contribution in [0.2, 0.25) is 0 Å². The molecule has 0 bridgehead atoms. The Hall–Kier alpha value is -1.90. The maximum atomic E-state index is 13.6. The number of guanidine groups is 1. The van der Waals surface area contributed by atoms with Crippen LogP contribution in [0.3, 0.4) is 0 Å². The highest BCUT2D eigenvalue weighted by Crippen LogP contribution is 2.08. The van der Waals surface area contributed by atoms with E-state index < -0.39 is 0 Å². The summed E-state index contributed by atoms with van der Waals surface area (Å²) in [4.78, 5) is 8.44. The Morgan fingerprint density at radius 1 is 1.19 bits per heavy atom. The Kier molecular flexibility index (Phi) is 10.6. The van der Waals surface area contributed by atoms with E-state index in [0.717, 1.165) is 12.0 Å². The molecule has 0 atom stereocenters. The zero-order valence-electron chi connectivity index (χ0n) is 15.2.